The first-order chi connectivity index (χ1) is 9.39. The molecule has 0 aliphatic heterocycles. The van der Waals surface area contributed by atoms with Gasteiger partial charge in [-0.1, -0.05) is 0 Å². The van der Waals surface area contributed by atoms with E-state index in [1.807, 2.05) is 0 Å². The van der Waals surface area contributed by atoms with Gasteiger partial charge >= 0.3 is 6.36 Å². The Kier molecular flexibility index (Phi) is 3.63. The minimum absolute atomic E-state index is 0.323. The average Bonchev–Trinajstić information content (AvgIpc) is 2.70. The van der Waals surface area contributed by atoms with Gasteiger partial charge in [-0.25, -0.2) is 4.79 Å². The van der Waals surface area contributed by atoms with E-state index < -0.39 is 6.36 Å². The third-order valence-electron chi connectivity index (χ3n) is 2.43. The fourth-order valence-corrected chi connectivity index (χ4v) is 1.60. The van der Waals surface area contributed by atoms with Crippen LogP contribution in [0.4, 0.5) is 18.9 Å². The number of isocyanates is 1. The summed E-state index contributed by atoms with van der Waals surface area (Å²) < 4.78 is 45.2. The molecular weight excluding hydrogens is 275 g/mol. The number of carbonyl (C=O) groups excluding carboxylic acids is 1. The largest absolute Gasteiger partial charge is 0.573 e. The number of benzene rings is 1. The Balaban J connectivity index is 2.26. The third-order valence-corrected chi connectivity index (χ3v) is 2.43. The van der Waals surface area contributed by atoms with Crippen LogP contribution in [0.15, 0.2) is 39.7 Å². The van der Waals surface area contributed by atoms with Crippen molar-refractivity contribution in [3.05, 3.63) is 36.1 Å². The van der Waals surface area contributed by atoms with Gasteiger partial charge in [0, 0.05) is 11.6 Å². The van der Waals surface area contributed by atoms with Crippen molar-refractivity contribution >= 4 is 11.8 Å². The van der Waals surface area contributed by atoms with E-state index >= 15 is 0 Å². The molecule has 0 aliphatic carbocycles. The molecule has 1 heterocycles. The zero-order valence-corrected chi connectivity index (χ0v) is 10.2. The van der Waals surface area contributed by atoms with Gasteiger partial charge in [-0.15, -0.1) is 13.2 Å². The van der Waals surface area contributed by atoms with Crippen LogP contribution in [0, 0.1) is 6.92 Å². The fraction of sp³-hybridized carbons (Fsp3) is 0.154. The van der Waals surface area contributed by atoms with Gasteiger partial charge < -0.3 is 9.15 Å². The van der Waals surface area contributed by atoms with Crippen molar-refractivity contribution in [2.45, 2.75) is 13.3 Å². The normalized spacial score (nSPS) is 11.0. The second-order valence-electron chi connectivity index (χ2n) is 3.83. The Morgan fingerprint density at radius 1 is 1.25 bits per heavy atom. The van der Waals surface area contributed by atoms with E-state index in [2.05, 4.69) is 9.73 Å². The minimum atomic E-state index is -4.73. The summed E-state index contributed by atoms with van der Waals surface area (Å²) in [5, 5.41) is 0. The summed E-state index contributed by atoms with van der Waals surface area (Å²) in [7, 11) is 0. The minimum Gasteiger partial charge on any atom is -0.459 e. The second-order valence-corrected chi connectivity index (χ2v) is 3.83. The quantitative estimate of drug-likeness (QED) is 0.629. The molecule has 104 valence electrons. The highest BCUT2D eigenvalue weighted by atomic mass is 19.4. The summed E-state index contributed by atoms with van der Waals surface area (Å²) in [4.78, 5) is 13.6. The van der Waals surface area contributed by atoms with Crippen molar-refractivity contribution in [3.63, 3.8) is 0 Å². The van der Waals surface area contributed by atoms with Crippen LogP contribution in [0.25, 0.3) is 11.3 Å². The number of hydrogen-bond acceptors (Lipinski definition) is 4. The molecule has 0 radical (unpaired) electrons. The molecule has 4 nitrogen and oxygen atoms in total. The van der Waals surface area contributed by atoms with Crippen molar-refractivity contribution in [3.8, 4) is 17.1 Å². The maximum absolute atomic E-state index is 12.0. The number of alkyl halides is 3. The van der Waals surface area contributed by atoms with Crippen LogP contribution in [-0.4, -0.2) is 12.4 Å². The summed E-state index contributed by atoms with van der Waals surface area (Å²) in [6, 6.07) is 6.66. The lowest BCUT2D eigenvalue weighted by Crippen LogP contribution is -2.16. The number of rotatable bonds is 3. The third kappa shape index (κ3) is 3.27. The molecule has 0 fully saturated rings. The summed E-state index contributed by atoms with van der Waals surface area (Å²) >= 11 is 0. The Morgan fingerprint density at radius 2 is 1.90 bits per heavy atom. The molecule has 2 aromatic rings. The number of nitrogens with zero attached hydrogens (tertiary/aromatic N) is 1. The lowest BCUT2D eigenvalue weighted by molar-refractivity contribution is -0.274. The van der Waals surface area contributed by atoms with Crippen molar-refractivity contribution in [2.75, 3.05) is 0 Å². The molecule has 0 unspecified atom stereocenters. The van der Waals surface area contributed by atoms with Crippen molar-refractivity contribution in [1.29, 1.82) is 0 Å². The van der Waals surface area contributed by atoms with Crippen LogP contribution in [0.2, 0.25) is 0 Å². The van der Waals surface area contributed by atoms with Gasteiger partial charge in [0.15, 0.2) is 0 Å². The molecule has 0 spiro atoms. The topological polar surface area (TPSA) is 51.8 Å². The summed E-state index contributed by atoms with van der Waals surface area (Å²) in [6.07, 6.45) is -3.33. The summed E-state index contributed by atoms with van der Waals surface area (Å²) in [6.45, 7) is 1.61. The SMILES string of the molecule is Cc1oc(-c2ccc(OC(F)(F)F)cc2)cc1N=C=O. The molecule has 7 heteroatoms. The Hall–Kier alpha value is -2.53. The molecule has 0 bridgehead atoms. The predicted molar refractivity (Wildman–Crippen MR) is 63.3 cm³/mol. The zero-order valence-electron chi connectivity index (χ0n) is 10.2. The molecule has 0 aliphatic rings. The molecule has 0 saturated heterocycles. The van der Waals surface area contributed by atoms with Gasteiger partial charge in [-0.05, 0) is 31.2 Å². The molecule has 0 atom stereocenters. The maximum atomic E-state index is 12.0. The molecule has 20 heavy (non-hydrogen) atoms. The van der Waals surface area contributed by atoms with Gasteiger partial charge in [0.25, 0.3) is 0 Å². The van der Waals surface area contributed by atoms with E-state index in [0.29, 0.717) is 22.8 Å². The van der Waals surface area contributed by atoms with E-state index in [9.17, 15) is 18.0 Å². The molecule has 0 N–H and O–H groups in total. The molecule has 0 saturated carbocycles. The van der Waals surface area contributed by atoms with E-state index in [1.165, 1.54) is 36.4 Å². The number of hydrogen-bond donors (Lipinski definition) is 0. The number of halogens is 3. The Labute approximate surface area is 111 Å². The first-order valence-electron chi connectivity index (χ1n) is 5.43. The first-order valence-corrected chi connectivity index (χ1v) is 5.43. The molecule has 1 aromatic carbocycles. The highest BCUT2D eigenvalue weighted by molar-refractivity contribution is 5.65. The van der Waals surface area contributed by atoms with E-state index in [1.54, 1.807) is 6.92 Å². The highest BCUT2D eigenvalue weighted by Gasteiger charge is 2.31. The van der Waals surface area contributed by atoms with E-state index in [0.717, 1.165) is 0 Å². The first kappa shape index (κ1) is 13.9. The maximum Gasteiger partial charge on any atom is 0.573 e. The monoisotopic (exact) mass is 283 g/mol. The molecule has 1 aromatic heterocycles. The fourth-order valence-electron chi connectivity index (χ4n) is 1.60. The lowest BCUT2D eigenvalue weighted by atomic mass is 10.1. The molecule has 2 rings (SSSR count). The van der Waals surface area contributed by atoms with Gasteiger partial charge in [0.2, 0.25) is 6.08 Å². The van der Waals surface area contributed by atoms with Gasteiger partial charge in [0.05, 0.1) is 0 Å². The summed E-state index contributed by atoms with van der Waals surface area (Å²) in [5.41, 5.74) is 0.862. The standard InChI is InChI=1S/C13H8F3NO3/c1-8-11(17-7-18)6-12(19-8)9-2-4-10(5-3-9)20-13(14,15)16/h2-6H,1H3. The van der Waals surface area contributed by atoms with E-state index in [-0.39, 0.29) is 5.75 Å². The molecule has 0 amide bonds. The number of ether oxygens (including phenoxy) is 1. The van der Waals surface area contributed by atoms with E-state index in [4.69, 9.17) is 4.42 Å². The number of aryl methyl sites for hydroxylation is 1. The van der Waals surface area contributed by atoms with Gasteiger partial charge in [-0.2, -0.15) is 4.99 Å². The predicted octanol–water partition coefficient (Wildman–Crippen LogP) is 4.12. The van der Waals surface area contributed by atoms with Crippen LogP contribution >= 0.6 is 0 Å². The molecular formula is C13H8F3NO3. The van der Waals surface area contributed by atoms with Crippen LogP contribution in [0.3, 0.4) is 0 Å². The zero-order chi connectivity index (χ0) is 14.8. The van der Waals surface area contributed by atoms with Crippen molar-refractivity contribution in [1.82, 2.24) is 0 Å². The highest BCUT2D eigenvalue weighted by Crippen LogP contribution is 2.32. The van der Waals surface area contributed by atoms with Crippen molar-refractivity contribution in [2.24, 2.45) is 4.99 Å². The van der Waals surface area contributed by atoms with Crippen molar-refractivity contribution < 1.29 is 27.1 Å². The Morgan fingerprint density at radius 3 is 2.45 bits per heavy atom. The summed E-state index contributed by atoms with van der Waals surface area (Å²) in [5.74, 6) is 0.477. The van der Waals surface area contributed by atoms with Crippen LogP contribution in [-0.2, 0) is 4.79 Å². The Bertz CT molecular complexity index is 652. The van der Waals surface area contributed by atoms with Gasteiger partial charge in [0.1, 0.15) is 23.0 Å². The van der Waals surface area contributed by atoms with Crippen LogP contribution in [0.5, 0.6) is 5.75 Å². The number of furan rings is 1. The smallest absolute Gasteiger partial charge is 0.459 e. The van der Waals surface area contributed by atoms with Crippen LogP contribution < -0.4 is 4.74 Å². The number of aliphatic imine (C=N–C) groups is 1. The average molecular weight is 283 g/mol. The second kappa shape index (κ2) is 5.22. The lowest BCUT2D eigenvalue weighted by Gasteiger charge is -2.08. The van der Waals surface area contributed by atoms with Crippen LogP contribution in [0.1, 0.15) is 5.76 Å². The van der Waals surface area contributed by atoms with Gasteiger partial charge in [-0.3, -0.25) is 0 Å².